The number of benzene rings is 2. The Morgan fingerprint density at radius 2 is 1.84 bits per heavy atom. The molecule has 5 nitrogen and oxygen atoms in total. The summed E-state index contributed by atoms with van der Waals surface area (Å²) in [6.45, 7) is 0.330. The summed E-state index contributed by atoms with van der Waals surface area (Å²) >= 11 is 0. The Bertz CT molecular complexity index is 923. The molecule has 3 aromatic rings. The molecular weight excluding hydrogens is 341 g/mol. The van der Waals surface area contributed by atoms with Gasteiger partial charge in [0.15, 0.2) is 5.03 Å². The molecule has 0 aliphatic carbocycles. The van der Waals surface area contributed by atoms with Gasteiger partial charge < -0.3 is 4.98 Å². The molecule has 0 aliphatic heterocycles. The Morgan fingerprint density at radius 3 is 2.52 bits per heavy atom. The van der Waals surface area contributed by atoms with Crippen LogP contribution in [0.3, 0.4) is 0 Å². The van der Waals surface area contributed by atoms with Gasteiger partial charge in [-0.25, -0.2) is 22.5 Å². The highest BCUT2D eigenvalue weighted by molar-refractivity contribution is 7.89. The Labute approximate surface area is 146 Å². The lowest BCUT2D eigenvalue weighted by molar-refractivity contribution is 0.576. The fourth-order valence-corrected chi connectivity index (χ4v) is 3.49. The van der Waals surface area contributed by atoms with E-state index in [-0.39, 0.29) is 10.8 Å². The normalized spacial score (nSPS) is 11.6. The van der Waals surface area contributed by atoms with Crippen LogP contribution in [-0.4, -0.2) is 24.9 Å². The maximum atomic E-state index is 13.8. The molecule has 2 aromatic carbocycles. The Kier molecular flexibility index (Phi) is 5.25. The third kappa shape index (κ3) is 4.32. The van der Waals surface area contributed by atoms with Gasteiger partial charge in [-0.15, -0.1) is 0 Å². The zero-order chi connectivity index (χ0) is 17.7. The second-order valence-electron chi connectivity index (χ2n) is 5.59. The first-order valence-corrected chi connectivity index (χ1v) is 9.36. The summed E-state index contributed by atoms with van der Waals surface area (Å²) in [6.07, 6.45) is 3.98. The quantitative estimate of drug-likeness (QED) is 0.637. The zero-order valence-electron chi connectivity index (χ0n) is 13.4. The first-order chi connectivity index (χ1) is 12.1. The van der Waals surface area contributed by atoms with Crippen LogP contribution in [-0.2, 0) is 16.4 Å². The predicted octanol–water partition coefficient (Wildman–Crippen LogP) is 3.13. The van der Waals surface area contributed by atoms with Crippen molar-refractivity contribution in [1.82, 2.24) is 14.7 Å². The third-order valence-corrected chi connectivity index (χ3v) is 5.22. The summed E-state index contributed by atoms with van der Waals surface area (Å²) in [5.74, 6) is -0.247. The van der Waals surface area contributed by atoms with Crippen LogP contribution >= 0.6 is 0 Å². The molecule has 25 heavy (non-hydrogen) atoms. The number of hydrogen-bond acceptors (Lipinski definition) is 3. The van der Waals surface area contributed by atoms with Gasteiger partial charge in [0.1, 0.15) is 5.82 Å². The van der Waals surface area contributed by atoms with Crippen molar-refractivity contribution in [2.45, 2.75) is 17.9 Å². The maximum Gasteiger partial charge on any atom is 0.257 e. The van der Waals surface area contributed by atoms with Crippen LogP contribution in [0.4, 0.5) is 4.39 Å². The van der Waals surface area contributed by atoms with Gasteiger partial charge in [0, 0.05) is 12.1 Å². The van der Waals surface area contributed by atoms with Crippen LogP contribution in [0.15, 0.2) is 66.1 Å². The first kappa shape index (κ1) is 17.3. The predicted molar refractivity (Wildman–Crippen MR) is 93.9 cm³/mol. The molecule has 7 heteroatoms. The monoisotopic (exact) mass is 359 g/mol. The number of aromatic amines is 1. The first-order valence-electron chi connectivity index (χ1n) is 7.88. The summed E-state index contributed by atoms with van der Waals surface area (Å²) in [5, 5.41) is 0.0572. The number of H-pyrrole nitrogens is 1. The van der Waals surface area contributed by atoms with E-state index in [4.69, 9.17) is 0 Å². The lowest BCUT2D eigenvalue weighted by Crippen LogP contribution is -2.25. The Balaban J connectivity index is 1.54. The number of nitrogens with zero attached hydrogens (tertiary/aromatic N) is 1. The van der Waals surface area contributed by atoms with Crippen molar-refractivity contribution in [3.63, 3.8) is 0 Å². The number of aryl methyl sites for hydroxylation is 1. The molecule has 0 fully saturated rings. The van der Waals surface area contributed by atoms with Crippen LogP contribution in [0.2, 0.25) is 0 Å². The van der Waals surface area contributed by atoms with Gasteiger partial charge in [-0.05, 0) is 30.0 Å². The lowest BCUT2D eigenvalue weighted by Gasteiger charge is -2.07. The van der Waals surface area contributed by atoms with Gasteiger partial charge in [-0.2, -0.15) is 0 Å². The van der Waals surface area contributed by atoms with Crippen molar-refractivity contribution in [1.29, 1.82) is 0 Å². The van der Waals surface area contributed by atoms with Crippen molar-refractivity contribution >= 4 is 10.0 Å². The minimum atomic E-state index is -3.53. The molecule has 1 heterocycles. The molecule has 0 unspecified atom stereocenters. The largest absolute Gasteiger partial charge is 0.335 e. The molecule has 0 saturated heterocycles. The van der Waals surface area contributed by atoms with E-state index in [0.717, 1.165) is 17.5 Å². The number of aromatic nitrogens is 2. The molecule has 0 radical (unpaired) electrons. The highest BCUT2D eigenvalue weighted by Crippen LogP contribution is 2.23. The minimum absolute atomic E-state index is 0.0572. The molecule has 0 bridgehead atoms. The number of sulfonamides is 1. The van der Waals surface area contributed by atoms with Crippen molar-refractivity contribution in [2.75, 3.05) is 6.54 Å². The van der Waals surface area contributed by atoms with E-state index < -0.39 is 10.0 Å². The molecule has 2 N–H and O–H groups in total. The standard InChI is InChI=1S/C18H18FN3O2S/c19-17-6-2-1-5-16(17)15-9-7-14(8-10-15)4-3-11-22-25(23,24)18-12-20-13-21-18/h1-2,5-10,12-13,22H,3-4,11H2,(H,20,21). The second kappa shape index (κ2) is 7.58. The van der Waals surface area contributed by atoms with Crippen molar-refractivity contribution < 1.29 is 12.8 Å². The van der Waals surface area contributed by atoms with Crippen molar-refractivity contribution in [3.8, 4) is 11.1 Å². The van der Waals surface area contributed by atoms with E-state index in [2.05, 4.69) is 14.7 Å². The van der Waals surface area contributed by atoms with Gasteiger partial charge in [-0.1, -0.05) is 42.5 Å². The number of rotatable bonds is 7. The fraction of sp³-hybridized carbons (Fsp3) is 0.167. The molecule has 0 aliphatic rings. The van der Waals surface area contributed by atoms with Gasteiger partial charge in [0.2, 0.25) is 0 Å². The summed E-state index contributed by atoms with van der Waals surface area (Å²) in [7, 11) is -3.53. The van der Waals surface area contributed by atoms with E-state index in [9.17, 15) is 12.8 Å². The lowest BCUT2D eigenvalue weighted by atomic mass is 10.0. The van der Waals surface area contributed by atoms with Crippen LogP contribution in [0, 0.1) is 5.82 Å². The van der Waals surface area contributed by atoms with Gasteiger partial charge in [0.25, 0.3) is 10.0 Å². The summed E-state index contributed by atoms with van der Waals surface area (Å²) in [5.41, 5.74) is 2.46. The molecule has 1 aromatic heterocycles. The minimum Gasteiger partial charge on any atom is -0.335 e. The Morgan fingerprint density at radius 1 is 1.08 bits per heavy atom. The molecule has 0 spiro atoms. The molecule has 130 valence electrons. The van der Waals surface area contributed by atoms with E-state index in [1.165, 1.54) is 18.6 Å². The number of hydrogen-bond donors (Lipinski definition) is 2. The Hall–Kier alpha value is -2.51. The van der Waals surface area contributed by atoms with Crippen LogP contribution < -0.4 is 4.72 Å². The molecular formula is C18H18FN3O2S. The van der Waals surface area contributed by atoms with E-state index in [1.54, 1.807) is 18.2 Å². The molecule has 3 rings (SSSR count). The van der Waals surface area contributed by atoms with Gasteiger partial charge >= 0.3 is 0 Å². The van der Waals surface area contributed by atoms with E-state index >= 15 is 0 Å². The average Bonchev–Trinajstić information content (AvgIpc) is 3.16. The van der Waals surface area contributed by atoms with Gasteiger partial charge in [0.05, 0.1) is 12.5 Å². The van der Waals surface area contributed by atoms with Crippen molar-refractivity contribution in [3.05, 3.63) is 72.4 Å². The van der Waals surface area contributed by atoms with E-state index in [0.29, 0.717) is 18.5 Å². The zero-order valence-corrected chi connectivity index (χ0v) is 14.3. The summed E-state index contributed by atoms with van der Waals surface area (Å²) in [4.78, 5) is 6.27. The summed E-state index contributed by atoms with van der Waals surface area (Å²) in [6, 6.07) is 14.3. The fourth-order valence-electron chi connectivity index (χ4n) is 2.51. The molecule has 0 atom stereocenters. The average molecular weight is 359 g/mol. The second-order valence-corrected chi connectivity index (χ2v) is 7.33. The molecule has 0 amide bonds. The van der Waals surface area contributed by atoms with Crippen molar-refractivity contribution in [2.24, 2.45) is 0 Å². The van der Waals surface area contributed by atoms with Crippen LogP contribution in [0.5, 0.6) is 0 Å². The van der Waals surface area contributed by atoms with Crippen LogP contribution in [0.25, 0.3) is 11.1 Å². The highest BCUT2D eigenvalue weighted by Gasteiger charge is 2.14. The highest BCUT2D eigenvalue weighted by atomic mass is 32.2. The van der Waals surface area contributed by atoms with Crippen LogP contribution in [0.1, 0.15) is 12.0 Å². The topological polar surface area (TPSA) is 74.8 Å². The smallest absolute Gasteiger partial charge is 0.257 e. The number of halogens is 1. The van der Waals surface area contributed by atoms with E-state index in [1.807, 2.05) is 24.3 Å². The third-order valence-electron chi connectivity index (χ3n) is 3.84. The molecule has 0 saturated carbocycles. The maximum absolute atomic E-state index is 13.8. The number of nitrogens with one attached hydrogen (secondary N) is 2. The summed E-state index contributed by atoms with van der Waals surface area (Å²) < 4.78 is 40.1. The number of imidazole rings is 1. The SMILES string of the molecule is O=S(=O)(NCCCc1ccc(-c2ccccc2F)cc1)c1cnc[nH]1. The van der Waals surface area contributed by atoms with Gasteiger partial charge in [-0.3, -0.25) is 0 Å².